The molecule has 21 heteroatoms. The molecule has 6 heterocycles. The summed E-state index contributed by atoms with van der Waals surface area (Å²) in [6.45, 7) is 17.1. The molecule has 0 bridgehead atoms. The van der Waals surface area contributed by atoms with Gasteiger partial charge in [0.2, 0.25) is 10.9 Å². The van der Waals surface area contributed by atoms with Crippen molar-refractivity contribution in [2.24, 2.45) is 0 Å². The van der Waals surface area contributed by atoms with Gasteiger partial charge >= 0.3 is 6.09 Å². The number of amides is 3. The number of halogens is 1. The molecule has 2 aliphatic heterocycles. The lowest BCUT2D eigenvalue weighted by atomic mass is 9.73. The second-order valence-electron chi connectivity index (χ2n) is 21.3. The van der Waals surface area contributed by atoms with Crippen LogP contribution in [0.1, 0.15) is 106 Å². The number of hydrogen-bond donors (Lipinski definition) is 3. The number of rotatable bonds is 22. The number of ketones is 1. The summed E-state index contributed by atoms with van der Waals surface area (Å²) in [6.07, 6.45) is 12.6. The van der Waals surface area contributed by atoms with Crippen molar-refractivity contribution in [3.05, 3.63) is 106 Å². The Morgan fingerprint density at radius 3 is 2.43 bits per heavy atom. The van der Waals surface area contributed by atoms with Crippen molar-refractivity contribution in [2.75, 3.05) is 70.9 Å². The van der Waals surface area contributed by atoms with Crippen LogP contribution < -0.4 is 15.5 Å². The van der Waals surface area contributed by atoms with E-state index in [1.54, 1.807) is 36.2 Å². The molecule has 76 heavy (non-hydrogen) atoms. The van der Waals surface area contributed by atoms with Crippen LogP contribution in [0.15, 0.2) is 84.1 Å². The summed E-state index contributed by atoms with van der Waals surface area (Å²) >= 11 is 9.29. The number of anilines is 1. The van der Waals surface area contributed by atoms with Crippen LogP contribution in [-0.4, -0.2) is 156 Å². The maximum atomic E-state index is 14.6. The summed E-state index contributed by atoms with van der Waals surface area (Å²) < 4.78 is 8.42. The van der Waals surface area contributed by atoms with Crippen LogP contribution in [0.2, 0.25) is 5.02 Å². The van der Waals surface area contributed by atoms with E-state index in [4.69, 9.17) is 16.3 Å². The number of alkyl carbamates (subject to hydrolysis) is 1. The van der Waals surface area contributed by atoms with E-state index in [0.717, 1.165) is 83.5 Å². The number of aryl methyl sites for hydroxylation is 1. The fourth-order valence-electron chi connectivity index (χ4n) is 10.0. The first-order valence-corrected chi connectivity index (χ1v) is 28.4. The normalized spacial score (nSPS) is 16.3. The van der Waals surface area contributed by atoms with Crippen molar-refractivity contribution in [3.63, 3.8) is 0 Å². The monoisotopic (exact) mass is 1090 g/mol. The standard InChI is InChI=1S/C55H72ClN13O5S2/c1-38-33-43(69-28-23-57-37-69)17-12-40(38)35-75-52-64-63-49(76-52)50(72)65(7)24-10-8-9-11-46(71)67-31-29-66(30-32-67)25-19-54(6,41-13-15-42(56)16-14-41)39(2)59-34-45(70)55(62-51(73)74-53(3,4)5)20-26-68(27-21-55)48-44-18-22-58-47(44)60-36-61-48/h12-18,22-23,28,33,36-37,39,59H,8-11,19-21,24-27,29-32,34-35H2,1-7H3,(H,62,73)(H,58,60,61)/t39?,54-/m0/s1. The number of benzene rings is 2. The lowest BCUT2D eigenvalue weighted by Crippen LogP contribution is -2.63. The Balaban J connectivity index is 0.775. The molecule has 2 fully saturated rings. The Morgan fingerprint density at radius 1 is 0.961 bits per heavy atom. The smallest absolute Gasteiger partial charge is 0.408 e. The van der Waals surface area contributed by atoms with Gasteiger partial charge in [0.1, 0.15) is 28.9 Å². The van der Waals surface area contributed by atoms with Crippen molar-refractivity contribution < 1.29 is 23.9 Å². The van der Waals surface area contributed by atoms with E-state index < -0.39 is 22.6 Å². The van der Waals surface area contributed by atoms with Gasteiger partial charge in [0.15, 0.2) is 10.1 Å². The molecule has 2 atom stereocenters. The average molecular weight is 1090 g/mol. The van der Waals surface area contributed by atoms with E-state index in [9.17, 15) is 19.2 Å². The Bertz CT molecular complexity index is 2910. The second kappa shape index (κ2) is 25.0. The minimum absolute atomic E-state index is 0.0435. The molecule has 2 aromatic carbocycles. The number of piperazine rings is 1. The van der Waals surface area contributed by atoms with Gasteiger partial charge in [-0.25, -0.2) is 19.7 Å². The van der Waals surface area contributed by atoms with Gasteiger partial charge in [0.25, 0.3) is 5.91 Å². The van der Waals surface area contributed by atoms with E-state index in [1.165, 1.54) is 28.8 Å². The van der Waals surface area contributed by atoms with Crippen LogP contribution in [-0.2, 0) is 25.5 Å². The van der Waals surface area contributed by atoms with Crippen molar-refractivity contribution in [3.8, 4) is 5.69 Å². The summed E-state index contributed by atoms with van der Waals surface area (Å²) in [7, 11) is 1.79. The number of H-pyrrole nitrogens is 1. The van der Waals surface area contributed by atoms with Crippen LogP contribution in [0.25, 0.3) is 16.7 Å². The molecule has 6 aromatic rings. The Hall–Kier alpha value is -5.93. The minimum atomic E-state index is -1.15. The molecular weight excluding hydrogens is 1020 g/mol. The molecule has 0 spiro atoms. The van der Waals surface area contributed by atoms with Crippen LogP contribution in [0, 0.1) is 6.92 Å². The zero-order valence-corrected chi connectivity index (χ0v) is 47.2. The number of aromatic nitrogens is 7. The fourth-order valence-corrected chi connectivity index (χ4v) is 12.1. The predicted octanol–water partition coefficient (Wildman–Crippen LogP) is 8.48. The molecule has 3 N–H and O–H groups in total. The number of nitrogens with zero attached hydrogens (tertiary/aromatic N) is 10. The second-order valence-corrected chi connectivity index (χ2v) is 24.0. The molecule has 0 aliphatic carbocycles. The first kappa shape index (κ1) is 56.3. The van der Waals surface area contributed by atoms with Gasteiger partial charge in [-0.2, -0.15) is 0 Å². The summed E-state index contributed by atoms with van der Waals surface area (Å²) in [4.78, 5) is 78.9. The van der Waals surface area contributed by atoms with Gasteiger partial charge in [0, 0.05) is 106 Å². The van der Waals surface area contributed by atoms with Gasteiger partial charge < -0.3 is 39.6 Å². The molecule has 2 aliphatic rings. The highest BCUT2D eigenvalue weighted by Crippen LogP contribution is 2.35. The third-order valence-corrected chi connectivity index (χ3v) is 17.4. The molecular formula is C55H72ClN13O5S2. The van der Waals surface area contributed by atoms with Crippen molar-refractivity contribution in [2.45, 2.75) is 119 Å². The van der Waals surface area contributed by atoms with Gasteiger partial charge in [-0.05, 0) is 120 Å². The third kappa shape index (κ3) is 14.2. The van der Waals surface area contributed by atoms with Crippen LogP contribution >= 0.6 is 34.7 Å². The Morgan fingerprint density at radius 2 is 1.72 bits per heavy atom. The number of fused-ring (bicyclic) bond motifs is 1. The molecule has 8 rings (SSSR count). The van der Waals surface area contributed by atoms with Gasteiger partial charge in [-0.15, -0.1) is 10.2 Å². The van der Waals surface area contributed by atoms with Crippen molar-refractivity contribution >= 4 is 75.2 Å². The zero-order valence-electron chi connectivity index (χ0n) is 44.8. The molecule has 2 saturated heterocycles. The zero-order chi connectivity index (χ0) is 54.0. The number of thioether (sulfide) groups is 1. The lowest BCUT2D eigenvalue weighted by molar-refractivity contribution is -0.133. The van der Waals surface area contributed by atoms with Gasteiger partial charge in [-0.1, -0.05) is 66.2 Å². The number of unbranched alkanes of at least 4 members (excludes halogenated alkanes) is 2. The Labute approximate surface area is 459 Å². The van der Waals surface area contributed by atoms with E-state index in [0.29, 0.717) is 62.0 Å². The number of imidazole rings is 1. The Kier molecular flexibility index (Phi) is 18.5. The number of hydrogen-bond acceptors (Lipinski definition) is 15. The quantitative estimate of drug-likeness (QED) is 0.0432. The number of carbonyl (C=O) groups is 4. The van der Waals surface area contributed by atoms with Crippen molar-refractivity contribution in [1.29, 1.82) is 0 Å². The third-order valence-electron chi connectivity index (χ3n) is 15.0. The van der Waals surface area contributed by atoms with Crippen LogP contribution in [0.5, 0.6) is 0 Å². The maximum Gasteiger partial charge on any atom is 0.408 e. The molecule has 3 amide bonds. The average Bonchev–Trinajstić information content (AvgIpc) is 4.24. The summed E-state index contributed by atoms with van der Waals surface area (Å²) in [5.74, 6) is 1.43. The molecule has 406 valence electrons. The highest BCUT2D eigenvalue weighted by atomic mass is 35.5. The number of piperidine rings is 1. The van der Waals surface area contributed by atoms with E-state index >= 15 is 0 Å². The van der Waals surface area contributed by atoms with Crippen LogP contribution in [0.4, 0.5) is 10.6 Å². The summed E-state index contributed by atoms with van der Waals surface area (Å²) in [6, 6.07) is 16.1. The van der Waals surface area contributed by atoms with Gasteiger partial charge in [-0.3, -0.25) is 19.3 Å². The molecule has 4 aromatic heterocycles. The summed E-state index contributed by atoms with van der Waals surface area (Å²) in [5, 5.41) is 17.1. The fraction of sp³-hybridized carbons (Fsp3) is 0.509. The topological polar surface area (TPSA) is 200 Å². The lowest BCUT2D eigenvalue weighted by Gasteiger charge is -2.43. The number of carbonyl (C=O) groups excluding carboxylic acids is 4. The first-order chi connectivity index (χ1) is 36.4. The molecule has 0 saturated carbocycles. The van der Waals surface area contributed by atoms with E-state index in [1.807, 2.05) is 60.8 Å². The van der Waals surface area contributed by atoms with Crippen LogP contribution in [0.3, 0.4) is 0 Å². The summed E-state index contributed by atoms with van der Waals surface area (Å²) in [5.41, 5.74) is 2.98. The predicted molar refractivity (Wildman–Crippen MR) is 300 cm³/mol. The largest absolute Gasteiger partial charge is 0.444 e. The SMILES string of the molecule is Cc1cc(-n2ccnc2)ccc1CSc1nnc(C(=O)N(C)CCCCCC(=O)N2CCN(CC[C@](C)(c3ccc(Cl)cc3)C(C)NCC(=O)C3(NC(=O)OC(C)(C)C)CCN(c4ncnc5[nH]ccc45)CC3)CC2)s1. The maximum absolute atomic E-state index is 14.6. The van der Waals surface area contributed by atoms with E-state index in [2.05, 4.69) is 102 Å². The highest BCUT2D eigenvalue weighted by molar-refractivity contribution is 8.00. The van der Waals surface area contributed by atoms with Crippen molar-refractivity contribution in [1.82, 2.24) is 60.0 Å². The highest BCUT2D eigenvalue weighted by Gasteiger charge is 2.44. The number of Topliss-reactive ketones (excluding diaryl/α,β-unsaturated/α-hetero) is 1. The molecule has 0 radical (unpaired) electrons. The minimum Gasteiger partial charge on any atom is -0.444 e. The van der Waals surface area contributed by atoms with E-state index in [-0.39, 0.29) is 30.2 Å². The first-order valence-electron chi connectivity index (χ1n) is 26.3. The number of ether oxygens (including phenoxy) is 1. The number of aromatic amines is 1. The molecule has 1 unspecified atom stereocenters. The number of nitrogens with one attached hydrogen (secondary N) is 3. The van der Waals surface area contributed by atoms with Gasteiger partial charge in [0.05, 0.1) is 18.3 Å². The molecule has 18 nitrogen and oxygen atoms in total.